The van der Waals surface area contributed by atoms with Crippen LogP contribution in [0, 0.1) is 6.92 Å². The van der Waals surface area contributed by atoms with Gasteiger partial charge >= 0.3 is 0 Å². The van der Waals surface area contributed by atoms with Gasteiger partial charge in [-0.15, -0.1) is 0 Å². The van der Waals surface area contributed by atoms with Crippen molar-refractivity contribution in [3.8, 4) is 17.0 Å². The van der Waals surface area contributed by atoms with Crippen molar-refractivity contribution >= 4 is 22.8 Å². The van der Waals surface area contributed by atoms with Gasteiger partial charge in [-0.25, -0.2) is 4.98 Å². The zero-order valence-electron chi connectivity index (χ0n) is 13.5. The van der Waals surface area contributed by atoms with Gasteiger partial charge < -0.3 is 10.5 Å². The maximum absolute atomic E-state index is 5.87. The first-order valence-electron chi connectivity index (χ1n) is 7.41. The van der Waals surface area contributed by atoms with Crippen molar-refractivity contribution in [1.29, 1.82) is 0 Å². The van der Waals surface area contributed by atoms with Gasteiger partial charge in [-0.1, -0.05) is 17.7 Å². The quantitative estimate of drug-likeness (QED) is 0.599. The van der Waals surface area contributed by atoms with Crippen molar-refractivity contribution in [3.05, 3.63) is 65.0 Å². The number of anilines is 1. The Bertz CT molecular complexity index is 914. The SMILES string of the molecule is COc1ccc(C)cc1.Nc1cc(-c2ccsc2)nc2ccnn12. The Morgan fingerprint density at radius 1 is 1.12 bits per heavy atom. The van der Waals surface area contributed by atoms with Crippen molar-refractivity contribution in [2.75, 3.05) is 12.8 Å². The second-order valence-corrected chi connectivity index (χ2v) is 5.98. The molecular weight excluding hydrogens is 320 g/mol. The summed E-state index contributed by atoms with van der Waals surface area (Å²) < 4.78 is 6.59. The van der Waals surface area contributed by atoms with E-state index in [2.05, 4.69) is 22.4 Å². The molecule has 5 nitrogen and oxygen atoms in total. The fourth-order valence-corrected chi connectivity index (χ4v) is 2.82. The van der Waals surface area contributed by atoms with Gasteiger partial charge in [0.2, 0.25) is 0 Å². The molecule has 4 aromatic rings. The molecule has 0 saturated heterocycles. The summed E-state index contributed by atoms with van der Waals surface area (Å²) >= 11 is 1.64. The van der Waals surface area contributed by atoms with E-state index >= 15 is 0 Å². The molecule has 1 aromatic carbocycles. The Morgan fingerprint density at radius 3 is 2.58 bits per heavy atom. The normalized spacial score (nSPS) is 10.2. The molecule has 0 unspecified atom stereocenters. The molecule has 122 valence electrons. The molecule has 4 rings (SSSR count). The molecule has 0 amide bonds. The molecule has 6 heteroatoms. The third-order valence-electron chi connectivity index (χ3n) is 3.46. The van der Waals surface area contributed by atoms with Gasteiger partial charge in [0.15, 0.2) is 5.65 Å². The van der Waals surface area contributed by atoms with Crippen LogP contribution in [0.3, 0.4) is 0 Å². The molecule has 3 aromatic heterocycles. The van der Waals surface area contributed by atoms with Crippen LogP contribution in [0.5, 0.6) is 5.75 Å². The Morgan fingerprint density at radius 2 is 1.92 bits per heavy atom. The summed E-state index contributed by atoms with van der Waals surface area (Å²) in [5, 5.41) is 8.14. The van der Waals surface area contributed by atoms with E-state index in [1.165, 1.54) is 5.56 Å². The molecule has 0 bridgehead atoms. The van der Waals surface area contributed by atoms with E-state index in [-0.39, 0.29) is 0 Å². The van der Waals surface area contributed by atoms with E-state index in [4.69, 9.17) is 10.5 Å². The largest absolute Gasteiger partial charge is 0.497 e. The van der Waals surface area contributed by atoms with Crippen LogP contribution in [0.15, 0.2) is 59.4 Å². The van der Waals surface area contributed by atoms with E-state index in [0.717, 1.165) is 22.7 Å². The fourth-order valence-electron chi connectivity index (χ4n) is 2.17. The van der Waals surface area contributed by atoms with Gasteiger partial charge in [0, 0.05) is 23.1 Å². The van der Waals surface area contributed by atoms with Crippen LogP contribution < -0.4 is 10.5 Å². The number of fused-ring (bicyclic) bond motifs is 1. The maximum Gasteiger partial charge on any atom is 0.157 e. The molecule has 2 N–H and O–H groups in total. The lowest BCUT2D eigenvalue weighted by molar-refractivity contribution is 0.414. The third-order valence-corrected chi connectivity index (χ3v) is 4.14. The van der Waals surface area contributed by atoms with Crippen LogP contribution >= 0.6 is 11.3 Å². The summed E-state index contributed by atoms with van der Waals surface area (Å²) in [6.45, 7) is 2.06. The van der Waals surface area contributed by atoms with Crippen molar-refractivity contribution in [2.45, 2.75) is 6.92 Å². The lowest BCUT2D eigenvalue weighted by atomic mass is 10.2. The minimum Gasteiger partial charge on any atom is -0.497 e. The van der Waals surface area contributed by atoms with Gasteiger partial charge in [-0.3, -0.25) is 0 Å². The lowest BCUT2D eigenvalue weighted by Crippen LogP contribution is -2.00. The second kappa shape index (κ2) is 7.14. The predicted octanol–water partition coefficient (Wildman–Crippen LogP) is 4.04. The van der Waals surface area contributed by atoms with E-state index in [1.54, 1.807) is 29.2 Å². The average Bonchev–Trinajstić information content (AvgIpc) is 3.28. The number of nitrogen functional groups attached to an aromatic ring is 1. The molecule has 0 aliphatic rings. The number of aromatic nitrogens is 3. The highest BCUT2D eigenvalue weighted by Gasteiger charge is 2.05. The fraction of sp³-hybridized carbons (Fsp3) is 0.111. The first-order chi connectivity index (χ1) is 11.7. The van der Waals surface area contributed by atoms with Crippen LogP contribution in [-0.4, -0.2) is 21.7 Å². The van der Waals surface area contributed by atoms with Crippen molar-refractivity contribution in [2.24, 2.45) is 0 Å². The number of ether oxygens (including phenoxy) is 1. The van der Waals surface area contributed by atoms with E-state index in [0.29, 0.717) is 5.82 Å². The number of hydrogen-bond donors (Lipinski definition) is 1. The summed E-state index contributed by atoms with van der Waals surface area (Å²) in [7, 11) is 1.67. The summed E-state index contributed by atoms with van der Waals surface area (Å²) in [6, 6.07) is 13.7. The smallest absolute Gasteiger partial charge is 0.157 e. The number of hydrogen-bond acceptors (Lipinski definition) is 5. The summed E-state index contributed by atoms with van der Waals surface area (Å²) in [5.41, 5.74) is 9.89. The molecule has 0 atom stereocenters. The van der Waals surface area contributed by atoms with E-state index < -0.39 is 0 Å². The van der Waals surface area contributed by atoms with Gasteiger partial charge in [0.05, 0.1) is 19.0 Å². The van der Waals surface area contributed by atoms with E-state index in [9.17, 15) is 0 Å². The highest BCUT2D eigenvalue weighted by molar-refractivity contribution is 7.08. The van der Waals surface area contributed by atoms with Crippen LogP contribution in [0.1, 0.15) is 5.56 Å². The first-order valence-corrected chi connectivity index (χ1v) is 8.35. The number of methoxy groups -OCH3 is 1. The lowest BCUT2D eigenvalue weighted by Gasteiger charge is -2.02. The van der Waals surface area contributed by atoms with E-state index in [1.807, 2.05) is 47.8 Å². The van der Waals surface area contributed by atoms with Crippen molar-refractivity contribution < 1.29 is 4.74 Å². The minimum atomic E-state index is 0.603. The topological polar surface area (TPSA) is 65.4 Å². The van der Waals surface area contributed by atoms with Crippen LogP contribution in [0.2, 0.25) is 0 Å². The average molecular weight is 338 g/mol. The molecule has 0 saturated carbocycles. The Kier molecular flexibility index (Phi) is 4.77. The van der Waals surface area contributed by atoms with Crippen molar-refractivity contribution in [1.82, 2.24) is 14.6 Å². The second-order valence-electron chi connectivity index (χ2n) is 5.20. The highest BCUT2D eigenvalue weighted by Crippen LogP contribution is 2.22. The first kappa shape index (κ1) is 16.0. The third kappa shape index (κ3) is 3.55. The zero-order chi connectivity index (χ0) is 16.9. The number of thiophene rings is 1. The molecular formula is C18H18N4OS. The molecule has 0 aliphatic heterocycles. The Balaban J connectivity index is 0.000000162. The number of nitrogens with zero attached hydrogens (tertiary/aromatic N) is 3. The van der Waals surface area contributed by atoms with Gasteiger partial charge in [-0.05, 0) is 30.5 Å². The van der Waals surface area contributed by atoms with Gasteiger partial charge in [0.1, 0.15) is 11.6 Å². The maximum atomic E-state index is 5.87. The molecule has 0 fully saturated rings. The summed E-state index contributed by atoms with van der Waals surface area (Å²) in [4.78, 5) is 4.47. The number of nitrogens with two attached hydrogens (primary N) is 1. The van der Waals surface area contributed by atoms with Crippen LogP contribution in [-0.2, 0) is 0 Å². The molecule has 0 radical (unpaired) electrons. The molecule has 0 aliphatic carbocycles. The highest BCUT2D eigenvalue weighted by atomic mass is 32.1. The molecule has 0 spiro atoms. The molecule has 3 heterocycles. The standard InChI is InChI=1S/C10H8N4S.C8H10O/c11-9-5-8(7-2-4-15-6-7)13-10-1-3-12-14(9)10;1-7-3-5-8(9-2)6-4-7/h1-6H,11H2;3-6H,1-2H3. The Labute approximate surface area is 144 Å². The number of aryl methyl sites for hydroxylation is 1. The zero-order valence-corrected chi connectivity index (χ0v) is 14.3. The Hall–Kier alpha value is -2.86. The minimum absolute atomic E-state index is 0.603. The number of benzene rings is 1. The number of rotatable bonds is 2. The van der Waals surface area contributed by atoms with Crippen LogP contribution in [0.25, 0.3) is 16.9 Å². The van der Waals surface area contributed by atoms with Gasteiger partial charge in [-0.2, -0.15) is 21.0 Å². The van der Waals surface area contributed by atoms with Crippen molar-refractivity contribution in [3.63, 3.8) is 0 Å². The van der Waals surface area contributed by atoms with Crippen LogP contribution in [0.4, 0.5) is 5.82 Å². The molecule has 24 heavy (non-hydrogen) atoms. The summed E-state index contributed by atoms with van der Waals surface area (Å²) in [5.74, 6) is 1.52. The van der Waals surface area contributed by atoms with Gasteiger partial charge in [0.25, 0.3) is 0 Å². The summed E-state index contributed by atoms with van der Waals surface area (Å²) in [6.07, 6.45) is 1.69. The predicted molar refractivity (Wildman–Crippen MR) is 98.4 cm³/mol. The monoisotopic (exact) mass is 338 g/mol.